The normalized spacial score (nSPS) is 11.1. The topological polar surface area (TPSA) is 118 Å². The van der Waals surface area contributed by atoms with E-state index in [1.165, 1.54) is 17.0 Å². The summed E-state index contributed by atoms with van der Waals surface area (Å²) in [5.41, 5.74) is 6.15. The standard InChI is InChI=1S/C14H19N5O3.ClH/c1-14(2,7-15)8-18(3)13(20)12-10-6-9(19(21)22)4-5-11(10)16-17-12;/h4-6H,7-8,15H2,1-3H3,(H,16,17);1H. The van der Waals surface area contributed by atoms with E-state index < -0.39 is 4.92 Å². The Morgan fingerprint density at radius 3 is 2.70 bits per heavy atom. The molecule has 8 nitrogen and oxygen atoms in total. The van der Waals surface area contributed by atoms with Crippen LogP contribution in [0.5, 0.6) is 0 Å². The molecular formula is C14H20ClN5O3. The molecule has 0 unspecified atom stereocenters. The van der Waals surface area contributed by atoms with Gasteiger partial charge in [-0.2, -0.15) is 5.10 Å². The third kappa shape index (κ3) is 3.96. The largest absolute Gasteiger partial charge is 0.340 e. The summed E-state index contributed by atoms with van der Waals surface area (Å²) in [6.07, 6.45) is 0. The van der Waals surface area contributed by atoms with Crippen LogP contribution in [0.2, 0.25) is 0 Å². The van der Waals surface area contributed by atoms with Crippen molar-refractivity contribution in [2.75, 3.05) is 20.1 Å². The molecule has 0 spiro atoms. The first-order chi connectivity index (χ1) is 10.2. The van der Waals surface area contributed by atoms with Crippen LogP contribution in [-0.2, 0) is 0 Å². The van der Waals surface area contributed by atoms with Crippen LogP contribution in [0.1, 0.15) is 24.3 Å². The van der Waals surface area contributed by atoms with Gasteiger partial charge >= 0.3 is 0 Å². The van der Waals surface area contributed by atoms with Crippen molar-refractivity contribution in [2.45, 2.75) is 13.8 Å². The second-order valence-corrected chi connectivity index (χ2v) is 6.09. The van der Waals surface area contributed by atoms with Crippen molar-refractivity contribution in [3.8, 4) is 0 Å². The lowest BCUT2D eigenvalue weighted by atomic mass is 9.93. The molecule has 1 aromatic carbocycles. The van der Waals surface area contributed by atoms with Gasteiger partial charge in [0.1, 0.15) is 0 Å². The van der Waals surface area contributed by atoms with E-state index in [4.69, 9.17) is 5.73 Å². The highest BCUT2D eigenvalue weighted by molar-refractivity contribution is 6.05. The zero-order chi connectivity index (χ0) is 16.5. The van der Waals surface area contributed by atoms with Gasteiger partial charge in [-0.15, -0.1) is 12.4 Å². The number of nitrogens with zero attached hydrogens (tertiary/aromatic N) is 3. The Morgan fingerprint density at radius 1 is 1.48 bits per heavy atom. The molecule has 9 heteroatoms. The molecule has 0 aliphatic rings. The number of nitro groups is 1. The number of hydrogen-bond acceptors (Lipinski definition) is 5. The second-order valence-electron chi connectivity index (χ2n) is 6.09. The molecule has 2 rings (SSSR count). The summed E-state index contributed by atoms with van der Waals surface area (Å²) >= 11 is 0. The Balaban J connectivity index is 0.00000264. The predicted octanol–water partition coefficient (Wildman–Crippen LogP) is 1.95. The minimum absolute atomic E-state index is 0. The third-order valence-corrected chi connectivity index (χ3v) is 3.52. The van der Waals surface area contributed by atoms with E-state index in [9.17, 15) is 14.9 Å². The number of carbonyl (C=O) groups excluding carboxylic acids is 1. The van der Waals surface area contributed by atoms with E-state index in [1.54, 1.807) is 13.1 Å². The molecular weight excluding hydrogens is 322 g/mol. The number of hydrogen-bond donors (Lipinski definition) is 2. The number of carbonyl (C=O) groups is 1. The van der Waals surface area contributed by atoms with Crippen LogP contribution in [0.4, 0.5) is 5.69 Å². The molecule has 0 bridgehead atoms. The maximum Gasteiger partial charge on any atom is 0.274 e. The molecule has 2 aromatic rings. The SMILES string of the molecule is CN(CC(C)(C)CN)C(=O)c1n[nH]c2ccc([N+](=O)[O-])cc12.Cl. The van der Waals surface area contributed by atoms with Gasteiger partial charge in [0.05, 0.1) is 10.4 Å². The van der Waals surface area contributed by atoms with Crippen molar-refractivity contribution in [1.82, 2.24) is 15.1 Å². The van der Waals surface area contributed by atoms with Crippen LogP contribution < -0.4 is 5.73 Å². The zero-order valence-electron chi connectivity index (χ0n) is 13.2. The third-order valence-electron chi connectivity index (χ3n) is 3.52. The Bertz CT molecular complexity index is 728. The number of halogens is 1. The summed E-state index contributed by atoms with van der Waals surface area (Å²) in [6, 6.07) is 4.27. The van der Waals surface area contributed by atoms with Gasteiger partial charge in [0.15, 0.2) is 5.69 Å². The number of fused-ring (bicyclic) bond motifs is 1. The van der Waals surface area contributed by atoms with Gasteiger partial charge in [-0.05, 0) is 18.0 Å². The number of nitro benzene ring substituents is 1. The summed E-state index contributed by atoms with van der Waals surface area (Å²) in [7, 11) is 1.66. The minimum Gasteiger partial charge on any atom is -0.340 e. The second kappa shape index (κ2) is 6.93. The Labute approximate surface area is 139 Å². The van der Waals surface area contributed by atoms with Crippen LogP contribution in [0, 0.1) is 15.5 Å². The molecule has 0 saturated heterocycles. The van der Waals surface area contributed by atoms with Gasteiger partial charge in [-0.3, -0.25) is 20.0 Å². The van der Waals surface area contributed by atoms with Crippen molar-refractivity contribution in [3.63, 3.8) is 0 Å². The summed E-state index contributed by atoms with van der Waals surface area (Å²) in [4.78, 5) is 24.4. The van der Waals surface area contributed by atoms with Gasteiger partial charge in [-0.25, -0.2) is 0 Å². The Hall–Kier alpha value is -2.19. The van der Waals surface area contributed by atoms with Gasteiger partial charge in [0.2, 0.25) is 0 Å². The highest BCUT2D eigenvalue weighted by Crippen LogP contribution is 2.23. The molecule has 0 radical (unpaired) electrons. The predicted molar refractivity (Wildman–Crippen MR) is 89.8 cm³/mol. The van der Waals surface area contributed by atoms with E-state index in [-0.39, 0.29) is 35.1 Å². The van der Waals surface area contributed by atoms with Gasteiger partial charge in [-0.1, -0.05) is 13.8 Å². The van der Waals surface area contributed by atoms with Crippen molar-refractivity contribution in [2.24, 2.45) is 11.1 Å². The summed E-state index contributed by atoms with van der Waals surface area (Å²) in [5, 5.41) is 18.0. The molecule has 1 aromatic heterocycles. The fraction of sp³-hybridized carbons (Fsp3) is 0.429. The lowest BCUT2D eigenvalue weighted by molar-refractivity contribution is -0.384. The quantitative estimate of drug-likeness (QED) is 0.636. The molecule has 0 aliphatic heterocycles. The van der Waals surface area contributed by atoms with Gasteiger partial charge < -0.3 is 10.6 Å². The smallest absolute Gasteiger partial charge is 0.274 e. The first-order valence-electron chi connectivity index (χ1n) is 6.83. The number of H-pyrrole nitrogens is 1. The van der Waals surface area contributed by atoms with Crippen molar-refractivity contribution >= 4 is 34.9 Å². The first-order valence-corrected chi connectivity index (χ1v) is 6.83. The van der Waals surface area contributed by atoms with Crippen molar-refractivity contribution in [3.05, 3.63) is 34.0 Å². The van der Waals surface area contributed by atoms with E-state index in [0.717, 1.165) is 0 Å². The molecule has 1 amide bonds. The molecule has 3 N–H and O–H groups in total. The highest BCUT2D eigenvalue weighted by atomic mass is 35.5. The zero-order valence-corrected chi connectivity index (χ0v) is 14.0. The number of aromatic amines is 1. The fourth-order valence-electron chi connectivity index (χ4n) is 2.24. The first kappa shape index (κ1) is 18.9. The van der Waals surface area contributed by atoms with E-state index in [0.29, 0.717) is 24.0 Å². The minimum atomic E-state index is -0.498. The van der Waals surface area contributed by atoms with Crippen LogP contribution in [-0.4, -0.2) is 46.1 Å². The Kier molecular flexibility index (Phi) is 5.68. The molecule has 1 heterocycles. The van der Waals surface area contributed by atoms with Crippen molar-refractivity contribution in [1.29, 1.82) is 0 Å². The molecule has 0 saturated carbocycles. The Morgan fingerprint density at radius 2 is 2.13 bits per heavy atom. The lowest BCUT2D eigenvalue weighted by Crippen LogP contribution is -2.39. The summed E-state index contributed by atoms with van der Waals surface area (Å²) in [5.74, 6) is -0.298. The maximum absolute atomic E-state index is 12.5. The van der Waals surface area contributed by atoms with Crippen LogP contribution in [0.25, 0.3) is 10.9 Å². The van der Waals surface area contributed by atoms with E-state index >= 15 is 0 Å². The number of nitrogens with one attached hydrogen (secondary N) is 1. The highest BCUT2D eigenvalue weighted by Gasteiger charge is 2.25. The number of benzene rings is 1. The number of rotatable bonds is 5. The van der Waals surface area contributed by atoms with E-state index in [1.807, 2.05) is 13.8 Å². The molecule has 23 heavy (non-hydrogen) atoms. The van der Waals surface area contributed by atoms with E-state index in [2.05, 4.69) is 10.2 Å². The summed E-state index contributed by atoms with van der Waals surface area (Å²) in [6.45, 7) is 4.83. The monoisotopic (exact) mass is 341 g/mol. The average molecular weight is 342 g/mol. The number of nitrogens with two attached hydrogens (primary N) is 1. The van der Waals surface area contributed by atoms with Crippen LogP contribution in [0.3, 0.4) is 0 Å². The molecule has 126 valence electrons. The molecule has 0 atom stereocenters. The number of amides is 1. The van der Waals surface area contributed by atoms with Crippen molar-refractivity contribution < 1.29 is 9.72 Å². The van der Waals surface area contributed by atoms with Gasteiger partial charge in [0, 0.05) is 31.1 Å². The number of aromatic nitrogens is 2. The van der Waals surface area contributed by atoms with Gasteiger partial charge in [0.25, 0.3) is 11.6 Å². The molecule has 0 aliphatic carbocycles. The van der Waals surface area contributed by atoms with Crippen LogP contribution >= 0.6 is 12.4 Å². The maximum atomic E-state index is 12.5. The summed E-state index contributed by atoms with van der Waals surface area (Å²) < 4.78 is 0. The fourth-order valence-corrected chi connectivity index (χ4v) is 2.24. The number of non-ortho nitro benzene ring substituents is 1. The van der Waals surface area contributed by atoms with Crippen LogP contribution in [0.15, 0.2) is 18.2 Å². The average Bonchev–Trinajstić information content (AvgIpc) is 2.88. The lowest BCUT2D eigenvalue weighted by Gasteiger charge is -2.28. The molecule has 0 fully saturated rings.